The molecule has 1 aliphatic carbocycles. The zero-order valence-electron chi connectivity index (χ0n) is 19.3. The number of aliphatic hydroxyl groups is 1. The lowest BCUT2D eigenvalue weighted by atomic mass is 10.0. The number of benzene rings is 1. The number of amides is 2. The maximum atomic E-state index is 12.1. The SMILES string of the molecule is N#Cc1cnc2c(NC3CC3)nc(Nc3cc(C(N)=O)cc(N4CC[C@H](NC(=O)O)[C@@H](O)C4)c3Cl)nn12. The summed E-state index contributed by atoms with van der Waals surface area (Å²) in [5.41, 5.74) is 7.04. The van der Waals surface area contributed by atoms with Gasteiger partial charge in [-0.3, -0.25) is 4.79 Å². The number of rotatable bonds is 7. The fourth-order valence-corrected chi connectivity index (χ4v) is 4.47. The summed E-state index contributed by atoms with van der Waals surface area (Å²) < 4.78 is 1.36. The van der Waals surface area contributed by atoms with Crippen LogP contribution in [-0.4, -0.2) is 73.1 Å². The average molecular weight is 527 g/mol. The number of carbonyl (C=O) groups excluding carboxylic acids is 1. The van der Waals surface area contributed by atoms with Gasteiger partial charge in [-0.05, 0) is 31.4 Å². The van der Waals surface area contributed by atoms with Gasteiger partial charge < -0.3 is 36.8 Å². The Morgan fingerprint density at radius 3 is 2.70 bits per heavy atom. The van der Waals surface area contributed by atoms with Crippen molar-refractivity contribution in [2.24, 2.45) is 5.73 Å². The first-order chi connectivity index (χ1) is 17.7. The number of imidazole rings is 1. The first-order valence-corrected chi connectivity index (χ1v) is 11.9. The van der Waals surface area contributed by atoms with Crippen molar-refractivity contribution in [2.75, 3.05) is 28.6 Å². The number of carboxylic acid groups (broad SMARTS) is 1. The molecule has 1 saturated heterocycles. The van der Waals surface area contributed by atoms with Crippen molar-refractivity contribution in [1.82, 2.24) is 24.9 Å². The minimum atomic E-state index is -1.22. The van der Waals surface area contributed by atoms with Crippen LogP contribution in [0.3, 0.4) is 0 Å². The van der Waals surface area contributed by atoms with Crippen LogP contribution in [0.15, 0.2) is 18.3 Å². The molecule has 2 amide bonds. The quantitative estimate of drug-likeness (QED) is 0.258. The molecule has 15 heteroatoms. The normalized spacial score (nSPS) is 19.3. The van der Waals surface area contributed by atoms with Gasteiger partial charge in [-0.2, -0.15) is 14.8 Å². The van der Waals surface area contributed by atoms with Gasteiger partial charge >= 0.3 is 6.09 Å². The van der Waals surface area contributed by atoms with E-state index in [1.165, 1.54) is 22.8 Å². The van der Waals surface area contributed by atoms with E-state index >= 15 is 0 Å². The van der Waals surface area contributed by atoms with Gasteiger partial charge in [-0.15, -0.1) is 5.10 Å². The summed E-state index contributed by atoms with van der Waals surface area (Å²) in [5, 5.41) is 42.1. The third-order valence-electron chi connectivity index (χ3n) is 6.21. The van der Waals surface area contributed by atoms with E-state index < -0.39 is 24.1 Å². The third kappa shape index (κ3) is 4.99. The lowest BCUT2D eigenvalue weighted by Gasteiger charge is -2.37. The Hall–Kier alpha value is -4.35. The summed E-state index contributed by atoms with van der Waals surface area (Å²) in [7, 11) is 0. The number of aromatic nitrogens is 4. The largest absolute Gasteiger partial charge is 0.465 e. The number of nitrogens with one attached hydrogen (secondary N) is 3. The van der Waals surface area contributed by atoms with Crippen molar-refractivity contribution < 1.29 is 19.8 Å². The van der Waals surface area contributed by atoms with E-state index in [2.05, 4.69) is 31.0 Å². The number of piperidine rings is 1. The monoisotopic (exact) mass is 526 g/mol. The van der Waals surface area contributed by atoms with Gasteiger partial charge in [0, 0.05) is 24.7 Å². The fourth-order valence-electron chi connectivity index (χ4n) is 4.20. The maximum absolute atomic E-state index is 12.1. The predicted octanol–water partition coefficient (Wildman–Crippen LogP) is 1.27. The fraction of sp³-hybridized carbons (Fsp3) is 0.364. The molecule has 1 aromatic carbocycles. The van der Waals surface area contributed by atoms with Crippen molar-refractivity contribution in [3.63, 3.8) is 0 Å². The highest BCUT2D eigenvalue weighted by Gasteiger charge is 2.31. The van der Waals surface area contributed by atoms with Gasteiger partial charge in [-0.25, -0.2) is 9.78 Å². The highest BCUT2D eigenvalue weighted by atomic mass is 35.5. The summed E-state index contributed by atoms with van der Waals surface area (Å²) in [4.78, 5) is 33.6. The third-order valence-corrected chi connectivity index (χ3v) is 6.61. The topological polar surface area (TPSA) is 207 Å². The molecule has 2 aromatic heterocycles. The number of primary amides is 1. The Morgan fingerprint density at radius 2 is 2.05 bits per heavy atom. The van der Waals surface area contributed by atoms with Gasteiger partial charge in [0.2, 0.25) is 11.9 Å². The molecule has 0 unspecified atom stereocenters. The molecule has 192 valence electrons. The zero-order chi connectivity index (χ0) is 26.3. The second-order valence-corrected chi connectivity index (χ2v) is 9.28. The van der Waals surface area contributed by atoms with Crippen molar-refractivity contribution in [2.45, 2.75) is 37.5 Å². The Bertz CT molecular complexity index is 1430. The molecule has 0 spiro atoms. The van der Waals surface area contributed by atoms with Crippen LogP contribution in [0.5, 0.6) is 0 Å². The predicted molar refractivity (Wildman–Crippen MR) is 133 cm³/mol. The van der Waals surface area contributed by atoms with Crippen LogP contribution >= 0.6 is 11.6 Å². The van der Waals surface area contributed by atoms with Crippen LogP contribution < -0.4 is 26.6 Å². The average Bonchev–Trinajstić information content (AvgIpc) is 3.57. The molecule has 2 aliphatic rings. The summed E-state index contributed by atoms with van der Waals surface area (Å²) in [6.07, 6.45) is 1.49. The van der Waals surface area contributed by atoms with E-state index in [0.717, 1.165) is 12.8 Å². The number of nitrogens with zero attached hydrogens (tertiary/aromatic N) is 6. The smallest absolute Gasteiger partial charge is 0.404 e. The standard InChI is InChI=1S/C22H23ClN10O4/c23-17-14(28-21-30-19(27-11-1-2-11)20-26-8-12(7-24)33(20)31-21)5-10(18(25)35)6-15(17)32-4-3-13(16(34)9-32)29-22(36)37/h5-6,8,11,13,16,29,34H,1-4,9H2,(H2,25,35)(H,36,37)(H2,27,28,30,31)/t13-,16-/m0/s1. The number of hydrogen-bond donors (Lipinski definition) is 6. The zero-order valence-corrected chi connectivity index (χ0v) is 20.1. The molecular formula is C22H23ClN10O4. The van der Waals surface area contributed by atoms with Gasteiger partial charge in [0.1, 0.15) is 6.07 Å². The Balaban J connectivity index is 1.50. The first-order valence-electron chi connectivity index (χ1n) is 11.5. The second kappa shape index (κ2) is 9.60. The molecule has 0 radical (unpaired) electrons. The molecule has 37 heavy (non-hydrogen) atoms. The molecule has 2 atom stereocenters. The number of aliphatic hydroxyl groups excluding tert-OH is 1. The molecule has 1 saturated carbocycles. The highest BCUT2D eigenvalue weighted by Crippen LogP contribution is 2.37. The van der Waals surface area contributed by atoms with Crippen LogP contribution in [0.1, 0.15) is 35.3 Å². The van der Waals surface area contributed by atoms with E-state index in [0.29, 0.717) is 30.1 Å². The number of nitrogens with two attached hydrogens (primary N) is 1. The van der Waals surface area contributed by atoms with Crippen LogP contribution in [0.25, 0.3) is 5.65 Å². The summed E-state index contributed by atoms with van der Waals surface area (Å²) in [6.45, 7) is 0.437. The number of halogens is 1. The van der Waals surface area contributed by atoms with Crippen molar-refractivity contribution in [3.05, 3.63) is 34.6 Å². The number of hydrogen-bond acceptors (Lipinski definition) is 10. The second-order valence-electron chi connectivity index (χ2n) is 8.90. The number of nitriles is 1. The number of β-amino-alcohol motifs (C(OH)–C–C–N with tert-alkyl or cyclic N) is 1. The van der Waals surface area contributed by atoms with E-state index in [1.807, 2.05) is 6.07 Å². The molecule has 1 aliphatic heterocycles. The lowest BCUT2D eigenvalue weighted by Crippen LogP contribution is -2.54. The molecule has 0 bridgehead atoms. The minimum Gasteiger partial charge on any atom is -0.465 e. The van der Waals surface area contributed by atoms with Crippen molar-refractivity contribution >= 4 is 52.4 Å². The van der Waals surface area contributed by atoms with Crippen LogP contribution in [0, 0.1) is 11.3 Å². The van der Waals surface area contributed by atoms with E-state index in [1.54, 1.807) is 4.90 Å². The molecule has 3 heterocycles. The molecular weight excluding hydrogens is 504 g/mol. The minimum absolute atomic E-state index is 0.0742. The summed E-state index contributed by atoms with van der Waals surface area (Å²) in [6, 6.07) is 4.64. The van der Waals surface area contributed by atoms with Gasteiger partial charge in [0.25, 0.3) is 0 Å². The summed E-state index contributed by atoms with van der Waals surface area (Å²) >= 11 is 6.74. The van der Waals surface area contributed by atoms with Gasteiger partial charge in [0.15, 0.2) is 17.2 Å². The van der Waals surface area contributed by atoms with Crippen LogP contribution in [0.2, 0.25) is 5.02 Å². The Kier molecular flexibility index (Phi) is 6.32. The van der Waals surface area contributed by atoms with Crippen LogP contribution in [0.4, 0.5) is 27.9 Å². The number of anilines is 4. The highest BCUT2D eigenvalue weighted by molar-refractivity contribution is 6.36. The Labute approximate surface area is 215 Å². The van der Waals surface area contributed by atoms with Gasteiger partial charge in [-0.1, -0.05) is 11.6 Å². The lowest BCUT2D eigenvalue weighted by molar-refractivity contribution is 0.1000. The Morgan fingerprint density at radius 1 is 1.27 bits per heavy atom. The molecule has 2 fully saturated rings. The van der Waals surface area contributed by atoms with E-state index in [9.17, 15) is 20.0 Å². The van der Waals surface area contributed by atoms with Crippen molar-refractivity contribution in [3.8, 4) is 6.07 Å². The number of carbonyl (C=O) groups is 2. The molecule has 5 rings (SSSR count). The molecule has 3 aromatic rings. The van der Waals surface area contributed by atoms with E-state index in [4.69, 9.17) is 22.4 Å². The van der Waals surface area contributed by atoms with Crippen molar-refractivity contribution in [1.29, 1.82) is 5.26 Å². The van der Waals surface area contributed by atoms with Gasteiger partial charge in [0.05, 0.1) is 34.7 Å². The van der Waals surface area contributed by atoms with E-state index in [-0.39, 0.29) is 40.5 Å². The first kappa shape index (κ1) is 24.3. The summed E-state index contributed by atoms with van der Waals surface area (Å²) in [5.74, 6) is -0.151. The molecule has 14 nitrogen and oxygen atoms in total. The number of fused-ring (bicyclic) bond motifs is 1. The van der Waals surface area contributed by atoms with Crippen LogP contribution in [-0.2, 0) is 0 Å². The molecule has 7 N–H and O–H groups in total. The maximum Gasteiger partial charge on any atom is 0.404 e.